The molecule has 70 heavy (non-hydrogen) atoms. The van der Waals surface area contributed by atoms with Gasteiger partial charge in [0.15, 0.2) is 0 Å². The van der Waals surface area contributed by atoms with Crippen molar-refractivity contribution in [3.63, 3.8) is 0 Å². The van der Waals surface area contributed by atoms with E-state index < -0.39 is 14.2 Å². The zero-order valence-corrected chi connectivity index (χ0v) is 43.5. The first kappa shape index (κ1) is 51.1. The fraction of sp³-hybridized carbons (Fsp3) is 0.800. The van der Waals surface area contributed by atoms with Gasteiger partial charge in [-0.3, -0.25) is 0 Å². The van der Waals surface area contributed by atoms with Crippen LogP contribution in [-0.4, -0.2) is 65.1 Å². The summed E-state index contributed by atoms with van der Waals surface area (Å²) in [6, 6.07) is 12.7. The predicted molar refractivity (Wildman–Crippen MR) is 283 cm³/mol. The third-order valence-corrected chi connectivity index (χ3v) is 18.6. The lowest BCUT2D eigenvalue weighted by Crippen LogP contribution is -2.49. The molecule has 10 aliphatic rings. The summed E-state index contributed by atoms with van der Waals surface area (Å²) in [6.45, 7) is 2.84. The Morgan fingerprint density at radius 2 is 0.471 bits per heavy atom. The molecular formula is C60H92B2O8. The lowest BCUT2D eigenvalue weighted by atomic mass is 9.67. The Balaban J connectivity index is 0.866. The van der Waals surface area contributed by atoms with Crippen LogP contribution in [0.1, 0.15) is 218 Å². The van der Waals surface area contributed by atoms with E-state index in [1.54, 1.807) is 0 Å². The second-order valence-electron chi connectivity index (χ2n) is 23.4. The smallest absolute Gasteiger partial charge is 0.494 e. The van der Waals surface area contributed by atoms with Gasteiger partial charge in [0, 0.05) is 0 Å². The molecule has 0 radical (unpaired) electrons. The maximum absolute atomic E-state index is 7.19. The molecule has 8 nitrogen and oxygen atoms in total. The van der Waals surface area contributed by atoms with Crippen molar-refractivity contribution in [2.24, 2.45) is 35.5 Å². The Morgan fingerprint density at radius 1 is 0.271 bits per heavy atom. The molecule has 8 atom stereocenters. The summed E-state index contributed by atoms with van der Waals surface area (Å²) in [6.07, 6.45) is 44.4. The highest BCUT2D eigenvalue weighted by atomic mass is 16.7. The molecule has 0 amide bonds. The van der Waals surface area contributed by atoms with E-state index in [4.69, 9.17) is 37.6 Å². The van der Waals surface area contributed by atoms with E-state index in [9.17, 15) is 0 Å². The average Bonchev–Trinajstić information content (AvgIpc) is 4.24. The normalized spacial score (nSPS) is 34.0. The number of hydrogen-bond acceptors (Lipinski definition) is 8. The van der Waals surface area contributed by atoms with Gasteiger partial charge in [-0.15, -0.1) is 0 Å². The van der Waals surface area contributed by atoms with Crippen LogP contribution >= 0.6 is 0 Å². The topological polar surface area (TPSA) is 73.8 Å². The van der Waals surface area contributed by atoms with E-state index in [1.165, 1.54) is 193 Å². The molecule has 12 bridgehead atoms. The molecule has 12 rings (SSSR count). The molecule has 2 saturated heterocycles. The number of fused-ring (bicyclic) bond motifs is 38. The zero-order valence-electron chi connectivity index (χ0n) is 43.5. The van der Waals surface area contributed by atoms with Crippen LogP contribution in [0.3, 0.4) is 0 Å². The maximum atomic E-state index is 7.19. The highest BCUT2D eigenvalue weighted by Crippen LogP contribution is 2.70. The fourth-order valence-corrected chi connectivity index (χ4v) is 15.1. The van der Waals surface area contributed by atoms with Crippen LogP contribution in [0.15, 0.2) is 36.4 Å². The Labute approximate surface area is 425 Å². The van der Waals surface area contributed by atoms with E-state index >= 15 is 0 Å². The minimum Gasteiger partial charge on any atom is -0.494 e. The second kappa shape index (κ2) is 26.7. The van der Waals surface area contributed by atoms with Gasteiger partial charge in [-0.1, -0.05) is 192 Å². The van der Waals surface area contributed by atoms with Crippen molar-refractivity contribution in [2.45, 2.75) is 243 Å². The predicted octanol–water partition coefficient (Wildman–Crippen LogP) is 13.9. The molecule has 0 spiro atoms. The molecule has 6 fully saturated rings. The standard InChI is InChI=1S/C60H92B2O8/c1-2-6-10-14-18-22-26-30-40-64-50-36-34-38-52-56(50)62-69-59-47-44-48(60(59)70-62)54-46-43-45(53(47)54)57-58(46)68-61(67-57)55-49(63-39-29-25-21-17-13-9-5-1)35-33-37-51(55)65-41-31-27-23-19-15-11-7-3-4-8-12-16-20-24-28-32-42-66-52/h33-38,45-48,53-54,57-60H,1-32,39-44H2/t45-,46+,47-,48+,53?,54?,57-,58+,59-,60+. The number of ether oxygens (including phenoxy) is 4. The Morgan fingerprint density at radius 3 is 0.686 bits per heavy atom. The zero-order chi connectivity index (χ0) is 47.2. The van der Waals surface area contributed by atoms with Crippen molar-refractivity contribution in [1.29, 1.82) is 0 Å². The van der Waals surface area contributed by atoms with Gasteiger partial charge < -0.3 is 37.6 Å². The number of benzene rings is 2. The summed E-state index contributed by atoms with van der Waals surface area (Å²) in [5.74, 6) is 6.50. The van der Waals surface area contributed by atoms with Gasteiger partial charge in [-0.05, 0) is 98.3 Å². The molecule has 10 heteroatoms. The first-order valence-corrected chi connectivity index (χ1v) is 30.2. The molecule has 2 aromatic rings. The first-order chi connectivity index (χ1) is 34.8. The van der Waals surface area contributed by atoms with Gasteiger partial charge in [-0.2, -0.15) is 0 Å². The summed E-state index contributed by atoms with van der Waals surface area (Å²) in [5, 5.41) is 0. The van der Waals surface area contributed by atoms with Crippen molar-refractivity contribution in [3.05, 3.63) is 36.4 Å². The number of rotatable bonds is 0. The fourth-order valence-electron chi connectivity index (χ4n) is 15.1. The second-order valence-corrected chi connectivity index (χ2v) is 23.4. The van der Waals surface area contributed by atoms with E-state index in [1.807, 2.05) is 0 Å². The van der Waals surface area contributed by atoms with Crippen LogP contribution < -0.4 is 29.9 Å². The first-order valence-electron chi connectivity index (χ1n) is 30.2. The highest BCUT2D eigenvalue weighted by Gasteiger charge is 2.74. The third-order valence-electron chi connectivity index (χ3n) is 18.6. The molecule has 386 valence electrons. The van der Waals surface area contributed by atoms with Crippen molar-refractivity contribution >= 4 is 25.2 Å². The average molecular weight is 963 g/mol. The van der Waals surface area contributed by atoms with E-state index in [0.29, 0.717) is 61.9 Å². The van der Waals surface area contributed by atoms with Gasteiger partial charge in [0.2, 0.25) is 0 Å². The molecule has 0 N–H and O–H groups in total. The van der Waals surface area contributed by atoms with E-state index in [0.717, 1.165) is 59.6 Å². The SMILES string of the molecule is c1cc2c3c(c1)OCCCCCCCCCCCCCCCCCCOc1cccc(c1B1O[C@@H]4[C@H](O1)[C@@H]1C[C@H]4C4C1[C@H]1C[C@@H]4[C@@H]4OB3O[C@@H]41)OCCCCCCCCCCCCCCCCCCO2. The van der Waals surface area contributed by atoms with Gasteiger partial charge in [0.25, 0.3) is 0 Å². The van der Waals surface area contributed by atoms with Crippen LogP contribution in [0.5, 0.6) is 23.0 Å². The molecule has 6 heterocycles. The van der Waals surface area contributed by atoms with Gasteiger partial charge in [-0.25, -0.2) is 0 Å². The van der Waals surface area contributed by atoms with Crippen LogP contribution in [0.25, 0.3) is 0 Å². The summed E-state index contributed by atoms with van der Waals surface area (Å²) < 4.78 is 55.6. The summed E-state index contributed by atoms with van der Waals surface area (Å²) in [7, 11) is -0.961. The highest BCUT2D eigenvalue weighted by molar-refractivity contribution is 6.64. The number of hydrogen-bond donors (Lipinski definition) is 0. The van der Waals surface area contributed by atoms with Crippen LogP contribution in [-0.2, 0) is 18.6 Å². The maximum Gasteiger partial charge on any atom is 0.502 e. The van der Waals surface area contributed by atoms with Crippen LogP contribution in [0.2, 0.25) is 0 Å². The monoisotopic (exact) mass is 963 g/mol. The summed E-state index contributed by atoms with van der Waals surface area (Å²) in [4.78, 5) is 0. The van der Waals surface area contributed by atoms with Crippen molar-refractivity contribution < 1.29 is 37.6 Å². The van der Waals surface area contributed by atoms with Gasteiger partial charge >= 0.3 is 14.2 Å². The van der Waals surface area contributed by atoms with E-state index in [-0.39, 0.29) is 24.4 Å². The molecule has 4 saturated carbocycles. The van der Waals surface area contributed by atoms with Crippen molar-refractivity contribution in [1.82, 2.24) is 0 Å². The molecule has 4 aliphatic carbocycles. The summed E-state index contributed by atoms with van der Waals surface area (Å²) >= 11 is 0. The minimum atomic E-state index is -0.480. The molecule has 2 aromatic carbocycles. The Hall–Kier alpha value is -2.39. The molecule has 0 unspecified atom stereocenters. The third kappa shape index (κ3) is 12.6. The molecule has 6 aliphatic heterocycles. The Kier molecular flexibility index (Phi) is 19.5. The van der Waals surface area contributed by atoms with Crippen LogP contribution in [0.4, 0.5) is 0 Å². The quantitative estimate of drug-likeness (QED) is 0.242. The minimum absolute atomic E-state index is 0.0824. The lowest BCUT2D eigenvalue weighted by molar-refractivity contribution is -0.0431. The molecule has 0 aromatic heterocycles. The van der Waals surface area contributed by atoms with Gasteiger partial charge in [0.1, 0.15) is 23.0 Å². The largest absolute Gasteiger partial charge is 0.502 e. The lowest BCUT2D eigenvalue weighted by Gasteiger charge is -2.43. The van der Waals surface area contributed by atoms with Crippen molar-refractivity contribution in [3.8, 4) is 23.0 Å². The van der Waals surface area contributed by atoms with Crippen molar-refractivity contribution in [2.75, 3.05) is 26.4 Å². The summed E-state index contributed by atoms with van der Waals surface area (Å²) in [5.41, 5.74) is 1.94. The van der Waals surface area contributed by atoms with E-state index in [2.05, 4.69) is 36.4 Å². The van der Waals surface area contributed by atoms with Gasteiger partial charge in [0.05, 0.1) is 61.8 Å². The van der Waals surface area contributed by atoms with Crippen LogP contribution in [0, 0.1) is 35.5 Å². The Bertz CT molecular complexity index is 1620. The molecular weight excluding hydrogens is 870 g/mol.